The minimum Gasteiger partial charge on any atom is -0.492 e. The second kappa shape index (κ2) is 6.18. The lowest BCUT2D eigenvalue weighted by atomic mass is 9.83. The maximum atomic E-state index is 13.6. The van der Waals surface area contributed by atoms with Crippen molar-refractivity contribution in [1.82, 2.24) is 0 Å². The number of benzene rings is 1. The lowest BCUT2D eigenvalue weighted by molar-refractivity contribution is 0.100. The summed E-state index contributed by atoms with van der Waals surface area (Å²) >= 11 is 0. The quantitative estimate of drug-likeness (QED) is 0.760. The van der Waals surface area contributed by atoms with Gasteiger partial charge in [0.1, 0.15) is 11.6 Å². The van der Waals surface area contributed by atoms with Gasteiger partial charge >= 0.3 is 0 Å². The molecule has 2 unspecified atom stereocenters. The molecule has 19 heavy (non-hydrogen) atoms. The molecule has 1 saturated carbocycles. The first-order valence-corrected chi connectivity index (χ1v) is 7.00. The summed E-state index contributed by atoms with van der Waals surface area (Å²) in [7, 11) is 0. The minimum absolute atomic E-state index is 0.0753. The van der Waals surface area contributed by atoms with Gasteiger partial charge in [0.15, 0.2) is 5.78 Å². The Morgan fingerprint density at radius 2 is 2.21 bits per heavy atom. The zero-order valence-corrected chi connectivity index (χ0v) is 11.6. The van der Waals surface area contributed by atoms with E-state index in [1.165, 1.54) is 25.8 Å². The molecule has 0 aliphatic heterocycles. The smallest absolute Gasteiger partial charge is 0.166 e. The average molecular weight is 264 g/mol. The van der Waals surface area contributed by atoms with E-state index in [9.17, 15) is 9.18 Å². The largest absolute Gasteiger partial charge is 0.492 e. The molecule has 0 aromatic heterocycles. The van der Waals surface area contributed by atoms with Gasteiger partial charge < -0.3 is 4.74 Å². The number of hydrogen-bond donors (Lipinski definition) is 0. The van der Waals surface area contributed by atoms with Crippen LogP contribution in [0.2, 0.25) is 0 Å². The SMILES string of the molecule is CC(=O)c1c(F)cccc1OCC1CCCC(C)C1. The Bertz CT molecular complexity index is 456. The molecule has 1 aromatic rings. The molecule has 0 spiro atoms. The summed E-state index contributed by atoms with van der Waals surface area (Å²) in [6, 6.07) is 4.55. The molecule has 1 aliphatic carbocycles. The normalized spacial score (nSPS) is 23.1. The van der Waals surface area contributed by atoms with Gasteiger partial charge in [0.05, 0.1) is 12.2 Å². The maximum Gasteiger partial charge on any atom is 0.166 e. The molecule has 0 saturated heterocycles. The van der Waals surface area contributed by atoms with E-state index >= 15 is 0 Å². The van der Waals surface area contributed by atoms with Gasteiger partial charge in [-0.05, 0) is 43.7 Å². The number of hydrogen-bond acceptors (Lipinski definition) is 2. The van der Waals surface area contributed by atoms with E-state index in [0.717, 1.165) is 18.8 Å². The summed E-state index contributed by atoms with van der Waals surface area (Å²) < 4.78 is 19.3. The molecule has 104 valence electrons. The molecule has 1 fully saturated rings. The van der Waals surface area contributed by atoms with Crippen LogP contribution in [0.3, 0.4) is 0 Å². The van der Waals surface area contributed by atoms with E-state index in [4.69, 9.17) is 4.74 Å². The number of carbonyl (C=O) groups is 1. The summed E-state index contributed by atoms with van der Waals surface area (Å²) in [5.74, 6) is 0.854. The standard InChI is InChI=1S/C16H21FO2/c1-11-5-3-6-13(9-11)10-19-15-8-4-7-14(17)16(15)12(2)18/h4,7-8,11,13H,3,5-6,9-10H2,1-2H3. The van der Waals surface area contributed by atoms with Crippen molar-refractivity contribution < 1.29 is 13.9 Å². The average Bonchev–Trinajstić information content (AvgIpc) is 2.36. The molecule has 0 bridgehead atoms. The van der Waals surface area contributed by atoms with Crippen LogP contribution in [0.4, 0.5) is 4.39 Å². The molecule has 1 aromatic carbocycles. The van der Waals surface area contributed by atoms with Crippen LogP contribution in [0.15, 0.2) is 18.2 Å². The number of ether oxygens (including phenoxy) is 1. The van der Waals surface area contributed by atoms with Crippen LogP contribution >= 0.6 is 0 Å². The second-order valence-electron chi connectivity index (χ2n) is 5.62. The van der Waals surface area contributed by atoms with Crippen molar-refractivity contribution in [1.29, 1.82) is 0 Å². The third-order valence-electron chi connectivity index (χ3n) is 3.85. The highest BCUT2D eigenvalue weighted by molar-refractivity contribution is 5.97. The lowest BCUT2D eigenvalue weighted by Crippen LogP contribution is -2.20. The van der Waals surface area contributed by atoms with E-state index in [0.29, 0.717) is 18.3 Å². The summed E-state index contributed by atoms with van der Waals surface area (Å²) in [5, 5.41) is 0. The maximum absolute atomic E-state index is 13.6. The van der Waals surface area contributed by atoms with Crippen LogP contribution in [0.1, 0.15) is 49.9 Å². The molecule has 1 aliphatic rings. The molecule has 2 atom stereocenters. The van der Waals surface area contributed by atoms with Gasteiger partial charge in [-0.15, -0.1) is 0 Å². The number of carbonyl (C=O) groups excluding carboxylic acids is 1. The summed E-state index contributed by atoms with van der Waals surface area (Å²) in [6.45, 7) is 4.21. The fraction of sp³-hybridized carbons (Fsp3) is 0.562. The Labute approximate surface area is 114 Å². The zero-order valence-electron chi connectivity index (χ0n) is 11.6. The molecule has 3 heteroatoms. The molecule has 0 radical (unpaired) electrons. The first kappa shape index (κ1) is 14.0. The second-order valence-corrected chi connectivity index (χ2v) is 5.62. The van der Waals surface area contributed by atoms with Crippen LogP contribution in [0.5, 0.6) is 5.75 Å². The molecule has 2 rings (SSSR count). The van der Waals surface area contributed by atoms with Crippen molar-refractivity contribution in [3.8, 4) is 5.75 Å². The number of rotatable bonds is 4. The van der Waals surface area contributed by atoms with E-state index in [1.807, 2.05) is 0 Å². The van der Waals surface area contributed by atoms with E-state index in [2.05, 4.69) is 6.92 Å². The van der Waals surface area contributed by atoms with Crippen LogP contribution in [-0.2, 0) is 0 Å². The summed E-state index contributed by atoms with van der Waals surface area (Å²) in [5.41, 5.74) is 0.0753. The van der Waals surface area contributed by atoms with Crippen molar-refractivity contribution >= 4 is 5.78 Å². The highest BCUT2D eigenvalue weighted by Crippen LogP contribution is 2.30. The van der Waals surface area contributed by atoms with Crippen LogP contribution < -0.4 is 4.74 Å². The number of halogens is 1. The summed E-state index contributed by atoms with van der Waals surface area (Å²) in [6.07, 6.45) is 4.84. The predicted octanol–water partition coefficient (Wildman–Crippen LogP) is 4.23. The Morgan fingerprint density at radius 1 is 1.42 bits per heavy atom. The van der Waals surface area contributed by atoms with Gasteiger partial charge in [0.2, 0.25) is 0 Å². The number of ketones is 1. The first-order valence-electron chi connectivity index (χ1n) is 7.00. The molecule has 0 amide bonds. The molecular formula is C16H21FO2. The van der Waals surface area contributed by atoms with Gasteiger partial charge in [-0.2, -0.15) is 0 Å². The van der Waals surface area contributed by atoms with Gasteiger partial charge in [-0.3, -0.25) is 4.79 Å². The van der Waals surface area contributed by atoms with Crippen molar-refractivity contribution in [2.75, 3.05) is 6.61 Å². The monoisotopic (exact) mass is 264 g/mol. The third-order valence-corrected chi connectivity index (χ3v) is 3.85. The molecule has 0 N–H and O–H groups in total. The van der Waals surface area contributed by atoms with Crippen molar-refractivity contribution in [2.24, 2.45) is 11.8 Å². The summed E-state index contributed by atoms with van der Waals surface area (Å²) in [4.78, 5) is 11.5. The van der Waals surface area contributed by atoms with Gasteiger partial charge in [0, 0.05) is 0 Å². The third kappa shape index (κ3) is 3.55. The van der Waals surface area contributed by atoms with Crippen LogP contribution in [0.25, 0.3) is 0 Å². The fourth-order valence-corrected chi connectivity index (χ4v) is 2.89. The lowest BCUT2D eigenvalue weighted by Gasteiger charge is -2.26. The topological polar surface area (TPSA) is 26.3 Å². The molecular weight excluding hydrogens is 243 g/mol. The minimum atomic E-state index is -0.498. The van der Waals surface area contributed by atoms with Crippen LogP contribution in [0, 0.1) is 17.7 Å². The van der Waals surface area contributed by atoms with E-state index in [1.54, 1.807) is 12.1 Å². The van der Waals surface area contributed by atoms with Gasteiger partial charge in [-0.1, -0.05) is 25.8 Å². The number of Topliss-reactive ketones (excluding diaryl/α,β-unsaturated/α-hetero) is 1. The highest BCUT2D eigenvalue weighted by Gasteiger charge is 2.21. The molecule has 0 heterocycles. The first-order chi connectivity index (χ1) is 9.08. The van der Waals surface area contributed by atoms with E-state index < -0.39 is 5.82 Å². The van der Waals surface area contributed by atoms with Crippen LogP contribution in [-0.4, -0.2) is 12.4 Å². The highest BCUT2D eigenvalue weighted by atomic mass is 19.1. The van der Waals surface area contributed by atoms with Crippen molar-refractivity contribution in [3.05, 3.63) is 29.6 Å². The Morgan fingerprint density at radius 3 is 2.89 bits per heavy atom. The Kier molecular flexibility index (Phi) is 4.56. The predicted molar refractivity (Wildman–Crippen MR) is 73.0 cm³/mol. The zero-order chi connectivity index (χ0) is 13.8. The Hall–Kier alpha value is -1.38. The van der Waals surface area contributed by atoms with Crippen molar-refractivity contribution in [3.63, 3.8) is 0 Å². The van der Waals surface area contributed by atoms with Crippen molar-refractivity contribution in [2.45, 2.75) is 39.5 Å². The Balaban J connectivity index is 2.03. The fourth-order valence-electron chi connectivity index (χ4n) is 2.89. The van der Waals surface area contributed by atoms with Gasteiger partial charge in [-0.25, -0.2) is 4.39 Å². The van der Waals surface area contributed by atoms with E-state index in [-0.39, 0.29) is 11.3 Å². The molecule has 2 nitrogen and oxygen atoms in total. The van der Waals surface area contributed by atoms with Gasteiger partial charge in [0.25, 0.3) is 0 Å².